The standard InChI is InChI=1S/C17H13F3O4/c1-10(21)13-7-6-12(8-15(13)17(18,19)20)24-9-11-4-2-3-5-14(11)16(22)23/h2-8H,9H2,1H3,(H,22,23). The van der Waals surface area contributed by atoms with E-state index in [1.54, 1.807) is 6.07 Å². The number of Topliss-reactive ketones (excluding diaryl/α,β-unsaturated/α-hetero) is 1. The van der Waals surface area contributed by atoms with Gasteiger partial charge in [0.1, 0.15) is 12.4 Å². The first-order chi connectivity index (χ1) is 11.2. The van der Waals surface area contributed by atoms with Crippen molar-refractivity contribution in [2.75, 3.05) is 0 Å². The van der Waals surface area contributed by atoms with Crippen LogP contribution in [-0.4, -0.2) is 16.9 Å². The second kappa shape index (κ2) is 6.74. The Morgan fingerprint density at radius 3 is 2.33 bits per heavy atom. The second-order valence-corrected chi connectivity index (χ2v) is 5.01. The van der Waals surface area contributed by atoms with Crippen LogP contribution < -0.4 is 4.74 Å². The van der Waals surface area contributed by atoms with E-state index in [2.05, 4.69) is 0 Å². The van der Waals surface area contributed by atoms with Gasteiger partial charge in [-0.2, -0.15) is 13.2 Å². The van der Waals surface area contributed by atoms with Gasteiger partial charge >= 0.3 is 12.1 Å². The fourth-order valence-electron chi connectivity index (χ4n) is 2.17. The molecule has 2 rings (SSSR count). The average molecular weight is 338 g/mol. The Morgan fingerprint density at radius 1 is 1.08 bits per heavy atom. The van der Waals surface area contributed by atoms with E-state index in [0.29, 0.717) is 5.56 Å². The molecule has 7 heteroatoms. The zero-order chi connectivity index (χ0) is 17.9. The lowest BCUT2D eigenvalue weighted by molar-refractivity contribution is -0.138. The van der Waals surface area contributed by atoms with E-state index in [0.717, 1.165) is 19.1 Å². The Morgan fingerprint density at radius 2 is 1.75 bits per heavy atom. The minimum Gasteiger partial charge on any atom is -0.489 e. The van der Waals surface area contributed by atoms with Crippen molar-refractivity contribution in [3.63, 3.8) is 0 Å². The lowest BCUT2D eigenvalue weighted by atomic mass is 10.0. The molecule has 1 N–H and O–H groups in total. The molecule has 2 aromatic carbocycles. The summed E-state index contributed by atoms with van der Waals surface area (Å²) in [6.45, 7) is 0.841. The van der Waals surface area contributed by atoms with Crippen LogP contribution in [0.15, 0.2) is 42.5 Å². The highest BCUT2D eigenvalue weighted by Crippen LogP contribution is 2.34. The summed E-state index contributed by atoms with van der Waals surface area (Å²) >= 11 is 0. The lowest BCUT2D eigenvalue weighted by Gasteiger charge is -2.14. The van der Waals surface area contributed by atoms with Crippen LogP contribution in [0.3, 0.4) is 0 Å². The van der Waals surface area contributed by atoms with E-state index in [1.807, 2.05) is 0 Å². The topological polar surface area (TPSA) is 63.6 Å². The number of carbonyl (C=O) groups excluding carboxylic acids is 1. The number of hydrogen-bond donors (Lipinski definition) is 1. The van der Waals surface area contributed by atoms with Gasteiger partial charge in [-0.15, -0.1) is 0 Å². The van der Waals surface area contributed by atoms with Crippen molar-refractivity contribution < 1.29 is 32.6 Å². The molecule has 0 radical (unpaired) electrons. The SMILES string of the molecule is CC(=O)c1ccc(OCc2ccccc2C(=O)O)cc1C(F)(F)F. The number of carboxylic acids is 1. The summed E-state index contributed by atoms with van der Waals surface area (Å²) in [5, 5.41) is 9.07. The van der Waals surface area contributed by atoms with Crippen LogP contribution in [0.25, 0.3) is 0 Å². The summed E-state index contributed by atoms with van der Waals surface area (Å²) in [6.07, 6.45) is -4.70. The minimum atomic E-state index is -4.70. The largest absolute Gasteiger partial charge is 0.489 e. The molecular formula is C17H13F3O4. The first kappa shape index (κ1) is 17.5. The van der Waals surface area contributed by atoms with Gasteiger partial charge < -0.3 is 9.84 Å². The zero-order valence-electron chi connectivity index (χ0n) is 12.6. The van der Waals surface area contributed by atoms with E-state index in [1.165, 1.54) is 24.3 Å². The smallest absolute Gasteiger partial charge is 0.417 e. The molecule has 0 aliphatic heterocycles. The molecule has 24 heavy (non-hydrogen) atoms. The minimum absolute atomic E-state index is 0.00824. The van der Waals surface area contributed by atoms with Crippen molar-refractivity contribution in [2.24, 2.45) is 0 Å². The number of alkyl halides is 3. The van der Waals surface area contributed by atoms with Crippen molar-refractivity contribution in [1.29, 1.82) is 0 Å². The molecular weight excluding hydrogens is 325 g/mol. The van der Waals surface area contributed by atoms with Gasteiger partial charge in [-0.3, -0.25) is 4.79 Å². The van der Waals surface area contributed by atoms with E-state index in [4.69, 9.17) is 9.84 Å². The Hall–Kier alpha value is -2.83. The molecule has 4 nitrogen and oxygen atoms in total. The number of benzene rings is 2. The van der Waals surface area contributed by atoms with Crippen LogP contribution >= 0.6 is 0 Å². The summed E-state index contributed by atoms with van der Waals surface area (Å²) in [6, 6.07) is 9.06. The maximum atomic E-state index is 13.0. The Labute approximate surface area is 135 Å². The highest BCUT2D eigenvalue weighted by Gasteiger charge is 2.35. The highest BCUT2D eigenvalue weighted by atomic mass is 19.4. The molecule has 0 aromatic heterocycles. The van der Waals surface area contributed by atoms with Gasteiger partial charge in [0.15, 0.2) is 5.78 Å². The molecule has 0 unspecified atom stereocenters. The van der Waals surface area contributed by atoms with Crippen LogP contribution in [-0.2, 0) is 12.8 Å². The predicted octanol–water partition coefficient (Wildman–Crippen LogP) is 4.19. The highest BCUT2D eigenvalue weighted by molar-refractivity contribution is 5.96. The third kappa shape index (κ3) is 3.92. The molecule has 2 aromatic rings. The van der Waals surface area contributed by atoms with Crippen molar-refractivity contribution in [1.82, 2.24) is 0 Å². The summed E-state index contributed by atoms with van der Waals surface area (Å²) in [4.78, 5) is 22.4. The van der Waals surface area contributed by atoms with Crippen LogP contribution in [0.5, 0.6) is 5.75 Å². The molecule has 0 atom stereocenters. The molecule has 0 saturated heterocycles. The van der Waals surface area contributed by atoms with Gasteiger partial charge in [-0.25, -0.2) is 4.79 Å². The van der Waals surface area contributed by atoms with Crippen LogP contribution in [0.4, 0.5) is 13.2 Å². The third-order valence-corrected chi connectivity index (χ3v) is 3.32. The maximum Gasteiger partial charge on any atom is 0.417 e. The van der Waals surface area contributed by atoms with Crippen molar-refractivity contribution in [3.05, 3.63) is 64.7 Å². The fraction of sp³-hybridized carbons (Fsp3) is 0.176. The van der Waals surface area contributed by atoms with Gasteiger partial charge in [0.05, 0.1) is 11.1 Å². The number of carboxylic acid groups (broad SMARTS) is 1. The molecule has 0 fully saturated rings. The molecule has 0 saturated carbocycles. The number of ketones is 1. The lowest BCUT2D eigenvalue weighted by Crippen LogP contribution is -2.12. The molecule has 0 heterocycles. The molecule has 0 spiro atoms. The molecule has 0 aliphatic carbocycles. The van der Waals surface area contributed by atoms with Crippen molar-refractivity contribution in [2.45, 2.75) is 19.7 Å². The molecule has 126 valence electrons. The second-order valence-electron chi connectivity index (χ2n) is 5.01. The van der Waals surface area contributed by atoms with E-state index in [9.17, 15) is 22.8 Å². The fourth-order valence-corrected chi connectivity index (χ4v) is 2.17. The predicted molar refractivity (Wildman–Crippen MR) is 79.2 cm³/mol. The van der Waals surface area contributed by atoms with Gasteiger partial charge in [-0.1, -0.05) is 18.2 Å². The Balaban J connectivity index is 2.29. The van der Waals surface area contributed by atoms with E-state index < -0.39 is 29.1 Å². The number of ether oxygens (including phenoxy) is 1. The number of halogens is 3. The van der Waals surface area contributed by atoms with E-state index in [-0.39, 0.29) is 17.9 Å². The van der Waals surface area contributed by atoms with Crippen LogP contribution in [0, 0.1) is 0 Å². The number of aromatic carboxylic acids is 1. The molecule has 0 bridgehead atoms. The maximum absolute atomic E-state index is 13.0. The molecule has 0 amide bonds. The number of rotatable bonds is 5. The normalized spacial score (nSPS) is 11.2. The summed E-state index contributed by atoms with van der Waals surface area (Å²) in [7, 11) is 0. The Kier molecular flexibility index (Phi) is 4.92. The number of carbonyl (C=O) groups is 2. The van der Waals surface area contributed by atoms with E-state index >= 15 is 0 Å². The summed E-state index contributed by atoms with van der Waals surface area (Å²) < 4.78 is 44.4. The van der Waals surface area contributed by atoms with Crippen LogP contribution in [0.1, 0.15) is 38.8 Å². The quantitative estimate of drug-likeness (QED) is 0.831. The average Bonchev–Trinajstić information content (AvgIpc) is 2.51. The van der Waals surface area contributed by atoms with Gasteiger partial charge in [-0.05, 0) is 31.2 Å². The van der Waals surface area contributed by atoms with Gasteiger partial charge in [0, 0.05) is 11.1 Å². The third-order valence-electron chi connectivity index (χ3n) is 3.32. The zero-order valence-corrected chi connectivity index (χ0v) is 12.6. The van der Waals surface area contributed by atoms with Gasteiger partial charge in [0.25, 0.3) is 0 Å². The van der Waals surface area contributed by atoms with Crippen molar-refractivity contribution >= 4 is 11.8 Å². The summed E-state index contributed by atoms with van der Waals surface area (Å²) in [5.74, 6) is -1.96. The first-order valence-corrected chi connectivity index (χ1v) is 6.86. The van der Waals surface area contributed by atoms with Gasteiger partial charge in [0.2, 0.25) is 0 Å². The van der Waals surface area contributed by atoms with Crippen LogP contribution in [0.2, 0.25) is 0 Å². The monoisotopic (exact) mass is 338 g/mol. The number of hydrogen-bond acceptors (Lipinski definition) is 3. The Bertz CT molecular complexity index is 782. The first-order valence-electron chi connectivity index (χ1n) is 6.86. The summed E-state index contributed by atoms with van der Waals surface area (Å²) in [5.41, 5.74) is -1.19. The molecule has 0 aliphatic rings. The van der Waals surface area contributed by atoms with Crippen molar-refractivity contribution in [3.8, 4) is 5.75 Å².